The van der Waals surface area contributed by atoms with Gasteiger partial charge in [-0.05, 0) is 39.3 Å². The number of ether oxygens (including phenoxy) is 2. The fraction of sp³-hybridized carbons (Fsp3) is 0.533. The molecule has 1 aromatic carbocycles. The Morgan fingerprint density at radius 3 is 2.89 bits per heavy atom. The molecule has 2 unspecified atom stereocenters. The molecule has 1 aromatic rings. The van der Waals surface area contributed by atoms with E-state index in [1.165, 1.54) is 0 Å². The molecule has 98 valence electrons. The number of aryl methyl sites for hydroxylation is 1. The SMILES string of the molecule is CCOc1ccc(C)cc1C(=O)C1COC(C)C1. The van der Waals surface area contributed by atoms with E-state index in [0.717, 1.165) is 12.0 Å². The Hall–Kier alpha value is -1.35. The molecule has 2 atom stereocenters. The monoisotopic (exact) mass is 248 g/mol. The highest BCUT2D eigenvalue weighted by molar-refractivity contribution is 6.00. The standard InChI is InChI=1S/C15H20O3/c1-4-17-14-6-5-10(2)7-13(14)15(16)12-8-11(3)18-9-12/h5-7,11-12H,4,8-9H2,1-3H3. The molecule has 1 saturated heterocycles. The van der Waals surface area contributed by atoms with Gasteiger partial charge in [-0.1, -0.05) is 11.6 Å². The van der Waals surface area contributed by atoms with Crippen LogP contribution in [0.4, 0.5) is 0 Å². The summed E-state index contributed by atoms with van der Waals surface area (Å²) in [5.41, 5.74) is 1.77. The number of carbonyl (C=O) groups excluding carboxylic acids is 1. The van der Waals surface area contributed by atoms with Gasteiger partial charge in [-0.3, -0.25) is 4.79 Å². The third-order valence-corrected chi connectivity index (χ3v) is 3.27. The highest BCUT2D eigenvalue weighted by Crippen LogP contribution is 2.28. The van der Waals surface area contributed by atoms with Crippen LogP contribution in [0.25, 0.3) is 0 Å². The van der Waals surface area contributed by atoms with Gasteiger partial charge in [0.25, 0.3) is 0 Å². The number of hydrogen-bond donors (Lipinski definition) is 0. The summed E-state index contributed by atoms with van der Waals surface area (Å²) in [4.78, 5) is 12.5. The Morgan fingerprint density at radius 2 is 2.28 bits per heavy atom. The largest absolute Gasteiger partial charge is 0.493 e. The van der Waals surface area contributed by atoms with Gasteiger partial charge in [0.05, 0.1) is 24.9 Å². The van der Waals surface area contributed by atoms with Crippen molar-refractivity contribution < 1.29 is 14.3 Å². The van der Waals surface area contributed by atoms with Crippen molar-refractivity contribution in [3.8, 4) is 5.75 Å². The van der Waals surface area contributed by atoms with Crippen molar-refractivity contribution in [2.24, 2.45) is 5.92 Å². The molecule has 0 bridgehead atoms. The number of rotatable bonds is 4. The van der Waals surface area contributed by atoms with E-state index in [-0.39, 0.29) is 17.8 Å². The summed E-state index contributed by atoms with van der Waals surface area (Å²) in [6.07, 6.45) is 0.984. The molecule has 3 heteroatoms. The molecule has 0 aromatic heterocycles. The van der Waals surface area contributed by atoms with Gasteiger partial charge in [0.15, 0.2) is 5.78 Å². The van der Waals surface area contributed by atoms with Gasteiger partial charge in [0.2, 0.25) is 0 Å². The summed E-state index contributed by atoms with van der Waals surface area (Å²) in [5, 5.41) is 0. The minimum atomic E-state index is -0.0268. The molecule has 2 rings (SSSR count). The van der Waals surface area contributed by atoms with Crippen molar-refractivity contribution in [3.63, 3.8) is 0 Å². The van der Waals surface area contributed by atoms with Gasteiger partial charge in [0.1, 0.15) is 5.75 Å². The van der Waals surface area contributed by atoms with Crippen molar-refractivity contribution in [2.75, 3.05) is 13.2 Å². The molecule has 3 nitrogen and oxygen atoms in total. The zero-order valence-electron chi connectivity index (χ0n) is 11.2. The Bertz CT molecular complexity index is 439. The van der Waals surface area contributed by atoms with Crippen LogP contribution in [0.3, 0.4) is 0 Å². The summed E-state index contributed by atoms with van der Waals surface area (Å²) in [7, 11) is 0. The fourth-order valence-electron chi connectivity index (χ4n) is 2.34. The lowest BCUT2D eigenvalue weighted by Crippen LogP contribution is -2.16. The van der Waals surface area contributed by atoms with E-state index in [9.17, 15) is 4.79 Å². The van der Waals surface area contributed by atoms with Crippen LogP contribution in [0.15, 0.2) is 18.2 Å². The van der Waals surface area contributed by atoms with Gasteiger partial charge >= 0.3 is 0 Å². The smallest absolute Gasteiger partial charge is 0.172 e. The first-order valence-electron chi connectivity index (χ1n) is 6.51. The van der Waals surface area contributed by atoms with Crippen LogP contribution in [-0.4, -0.2) is 25.1 Å². The quantitative estimate of drug-likeness (QED) is 0.768. The molecule has 0 spiro atoms. The average molecular weight is 248 g/mol. The first-order valence-corrected chi connectivity index (χ1v) is 6.51. The molecule has 1 fully saturated rings. The van der Waals surface area contributed by atoms with Gasteiger partial charge in [-0.2, -0.15) is 0 Å². The van der Waals surface area contributed by atoms with Crippen LogP contribution in [-0.2, 0) is 4.74 Å². The van der Waals surface area contributed by atoms with Crippen molar-refractivity contribution in [1.29, 1.82) is 0 Å². The molecule has 0 aliphatic carbocycles. The lowest BCUT2D eigenvalue weighted by molar-refractivity contribution is 0.0874. The number of benzene rings is 1. The molecule has 1 heterocycles. The molecule has 0 saturated carbocycles. The summed E-state index contributed by atoms with van der Waals surface area (Å²) in [6.45, 7) is 7.02. The minimum Gasteiger partial charge on any atom is -0.493 e. The third kappa shape index (κ3) is 2.72. The molecule has 1 aliphatic heterocycles. The molecule has 0 radical (unpaired) electrons. The zero-order valence-corrected chi connectivity index (χ0v) is 11.2. The molecular weight excluding hydrogens is 228 g/mol. The number of Topliss-reactive ketones (excluding diaryl/α,β-unsaturated/α-hetero) is 1. The van der Waals surface area contributed by atoms with E-state index in [2.05, 4.69) is 0 Å². The Labute approximate surface area is 108 Å². The van der Waals surface area contributed by atoms with Gasteiger partial charge in [-0.15, -0.1) is 0 Å². The molecule has 0 amide bonds. The van der Waals surface area contributed by atoms with Crippen LogP contribution < -0.4 is 4.74 Å². The number of carbonyl (C=O) groups is 1. The highest BCUT2D eigenvalue weighted by atomic mass is 16.5. The first-order chi connectivity index (χ1) is 8.61. The predicted octanol–water partition coefficient (Wildman–Crippen LogP) is 3.00. The minimum absolute atomic E-state index is 0.0268. The summed E-state index contributed by atoms with van der Waals surface area (Å²) in [5.74, 6) is 0.806. The van der Waals surface area contributed by atoms with E-state index >= 15 is 0 Å². The maximum atomic E-state index is 12.5. The Morgan fingerprint density at radius 1 is 1.50 bits per heavy atom. The Kier molecular flexibility index (Phi) is 4.02. The van der Waals surface area contributed by atoms with Gasteiger partial charge < -0.3 is 9.47 Å². The highest BCUT2D eigenvalue weighted by Gasteiger charge is 2.30. The second-order valence-electron chi connectivity index (χ2n) is 4.87. The summed E-state index contributed by atoms with van der Waals surface area (Å²) >= 11 is 0. The average Bonchev–Trinajstić information content (AvgIpc) is 2.77. The van der Waals surface area contributed by atoms with Gasteiger partial charge in [0, 0.05) is 5.92 Å². The summed E-state index contributed by atoms with van der Waals surface area (Å²) < 4.78 is 11.0. The zero-order chi connectivity index (χ0) is 13.1. The van der Waals surface area contributed by atoms with Crippen LogP contribution in [0.2, 0.25) is 0 Å². The molecule has 0 N–H and O–H groups in total. The van der Waals surface area contributed by atoms with Crippen molar-refractivity contribution in [2.45, 2.75) is 33.3 Å². The Balaban J connectivity index is 2.25. The fourth-order valence-corrected chi connectivity index (χ4v) is 2.34. The van der Waals surface area contributed by atoms with E-state index in [1.54, 1.807) is 0 Å². The predicted molar refractivity (Wildman–Crippen MR) is 70.2 cm³/mol. The van der Waals surface area contributed by atoms with Crippen molar-refractivity contribution in [3.05, 3.63) is 29.3 Å². The first kappa shape index (κ1) is 13.1. The van der Waals surface area contributed by atoms with Crippen LogP contribution in [0, 0.1) is 12.8 Å². The van der Waals surface area contributed by atoms with Crippen molar-refractivity contribution in [1.82, 2.24) is 0 Å². The molecule has 18 heavy (non-hydrogen) atoms. The number of ketones is 1. The normalized spacial score (nSPS) is 23.1. The van der Waals surface area contributed by atoms with E-state index in [1.807, 2.05) is 39.0 Å². The number of hydrogen-bond acceptors (Lipinski definition) is 3. The van der Waals surface area contributed by atoms with Crippen LogP contribution in [0.5, 0.6) is 5.75 Å². The molecule has 1 aliphatic rings. The summed E-state index contributed by atoms with van der Waals surface area (Å²) in [6, 6.07) is 5.76. The third-order valence-electron chi connectivity index (χ3n) is 3.27. The maximum Gasteiger partial charge on any atom is 0.172 e. The van der Waals surface area contributed by atoms with E-state index in [4.69, 9.17) is 9.47 Å². The second kappa shape index (κ2) is 5.53. The topological polar surface area (TPSA) is 35.5 Å². The van der Waals surface area contributed by atoms with Crippen molar-refractivity contribution >= 4 is 5.78 Å². The van der Waals surface area contributed by atoms with E-state index in [0.29, 0.717) is 24.5 Å². The second-order valence-corrected chi connectivity index (χ2v) is 4.87. The maximum absolute atomic E-state index is 12.5. The molecular formula is C15H20O3. The van der Waals surface area contributed by atoms with Crippen LogP contribution in [0.1, 0.15) is 36.2 Å². The van der Waals surface area contributed by atoms with Gasteiger partial charge in [-0.25, -0.2) is 0 Å². The van der Waals surface area contributed by atoms with Crippen LogP contribution >= 0.6 is 0 Å². The lowest BCUT2D eigenvalue weighted by Gasteiger charge is -2.13. The lowest BCUT2D eigenvalue weighted by atomic mass is 9.94. The van der Waals surface area contributed by atoms with E-state index < -0.39 is 0 Å².